The van der Waals surface area contributed by atoms with Gasteiger partial charge in [-0.2, -0.15) is 0 Å². The van der Waals surface area contributed by atoms with Crippen molar-refractivity contribution in [2.75, 3.05) is 13.2 Å². The van der Waals surface area contributed by atoms with E-state index in [0.717, 1.165) is 17.9 Å². The largest absolute Gasteiger partial charge is 0.493 e. The van der Waals surface area contributed by atoms with E-state index in [4.69, 9.17) is 31.8 Å². The van der Waals surface area contributed by atoms with Gasteiger partial charge >= 0.3 is 0 Å². The lowest BCUT2D eigenvalue weighted by atomic mass is 10.2. The quantitative estimate of drug-likeness (QED) is 0.436. The predicted octanol–water partition coefficient (Wildman–Crippen LogP) is 2.35. The van der Waals surface area contributed by atoms with Crippen LogP contribution >= 0.6 is 0 Å². The maximum atomic E-state index is 7.37. The smallest absolute Gasteiger partial charge is 0.122 e. The maximum Gasteiger partial charge on any atom is 0.122 e. The second-order valence-corrected chi connectivity index (χ2v) is 6.25. The summed E-state index contributed by atoms with van der Waals surface area (Å²) < 4.78 is 11.6. The zero-order valence-electron chi connectivity index (χ0n) is 13.9. The Morgan fingerprint density at radius 1 is 0.760 bits per heavy atom. The molecule has 1 fully saturated rings. The summed E-state index contributed by atoms with van der Waals surface area (Å²) in [6.45, 7) is 1.33. The van der Waals surface area contributed by atoms with Gasteiger partial charge in [-0.25, -0.2) is 0 Å². The molecule has 0 saturated heterocycles. The third kappa shape index (κ3) is 4.50. The van der Waals surface area contributed by atoms with Gasteiger partial charge in [0.25, 0.3) is 0 Å². The van der Waals surface area contributed by atoms with Crippen molar-refractivity contribution in [2.24, 2.45) is 23.3 Å². The Morgan fingerprint density at radius 2 is 1.12 bits per heavy atom. The van der Waals surface area contributed by atoms with Crippen molar-refractivity contribution in [3.8, 4) is 11.5 Å². The lowest BCUT2D eigenvalue weighted by molar-refractivity contribution is 0.256. The molecule has 3 rings (SSSR count). The normalized spacial score (nSPS) is 18.4. The van der Waals surface area contributed by atoms with Gasteiger partial charge in [-0.05, 0) is 66.8 Å². The van der Waals surface area contributed by atoms with E-state index >= 15 is 0 Å². The van der Waals surface area contributed by atoms with Gasteiger partial charge in [-0.15, -0.1) is 0 Å². The van der Waals surface area contributed by atoms with Crippen LogP contribution in [0.3, 0.4) is 0 Å². The van der Waals surface area contributed by atoms with Crippen LogP contribution in [0.4, 0.5) is 0 Å². The lowest BCUT2D eigenvalue weighted by Gasteiger charge is -2.08. The molecule has 2 aromatic rings. The molecule has 130 valence electrons. The van der Waals surface area contributed by atoms with E-state index in [-0.39, 0.29) is 11.7 Å². The van der Waals surface area contributed by atoms with Crippen molar-refractivity contribution < 1.29 is 9.47 Å². The molecular formula is C19H22N4O2. The molecule has 0 bridgehead atoms. The van der Waals surface area contributed by atoms with Gasteiger partial charge in [0.05, 0.1) is 13.2 Å². The van der Waals surface area contributed by atoms with Crippen molar-refractivity contribution in [1.29, 1.82) is 10.8 Å². The summed E-state index contributed by atoms with van der Waals surface area (Å²) in [5.74, 6) is 2.70. The van der Waals surface area contributed by atoms with Crippen molar-refractivity contribution >= 4 is 11.7 Å². The van der Waals surface area contributed by atoms with E-state index in [9.17, 15) is 0 Å². The van der Waals surface area contributed by atoms with Crippen LogP contribution < -0.4 is 20.9 Å². The van der Waals surface area contributed by atoms with E-state index in [1.165, 1.54) is 0 Å². The number of rotatable bonds is 8. The topological polar surface area (TPSA) is 118 Å². The molecule has 6 nitrogen and oxygen atoms in total. The first-order valence-corrected chi connectivity index (χ1v) is 8.17. The van der Waals surface area contributed by atoms with Crippen LogP contribution in [0.5, 0.6) is 11.5 Å². The summed E-state index contributed by atoms with van der Waals surface area (Å²) in [6.07, 6.45) is 1.09. The number of hydrogen-bond donors (Lipinski definition) is 4. The highest BCUT2D eigenvalue weighted by atomic mass is 16.5. The SMILES string of the molecule is N=C(N)c1ccc(OC[C@@H]2C[C@H]2COc2ccc(C(=N)N)cc2)cc1. The molecule has 1 saturated carbocycles. The summed E-state index contributed by atoms with van der Waals surface area (Å²) in [4.78, 5) is 0. The Morgan fingerprint density at radius 3 is 1.44 bits per heavy atom. The molecular weight excluding hydrogens is 316 g/mol. The molecule has 0 radical (unpaired) electrons. The summed E-state index contributed by atoms with van der Waals surface area (Å²) in [6, 6.07) is 14.5. The zero-order chi connectivity index (χ0) is 17.8. The average molecular weight is 338 g/mol. The molecule has 25 heavy (non-hydrogen) atoms. The summed E-state index contributed by atoms with van der Waals surface area (Å²) in [7, 11) is 0. The van der Waals surface area contributed by atoms with Crippen LogP contribution in [0.1, 0.15) is 17.5 Å². The van der Waals surface area contributed by atoms with Crippen LogP contribution in [0.25, 0.3) is 0 Å². The second-order valence-electron chi connectivity index (χ2n) is 6.25. The molecule has 0 spiro atoms. The number of ether oxygens (including phenoxy) is 2. The third-order valence-corrected chi connectivity index (χ3v) is 4.33. The molecule has 0 unspecified atom stereocenters. The van der Waals surface area contributed by atoms with Crippen LogP contribution in [0.15, 0.2) is 48.5 Å². The summed E-state index contributed by atoms with van der Waals surface area (Å²) >= 11 is 0. The van der Waals surface area contributed by atoms with E-state index in [1.807, 2.05) is 24.3 Å². The highest BCUT2D eigenvalue weighted by Crippen LogP contribution is 2.39. The number of hydrogen-bond acceptors (Lipinski definition) is 4. The van der Waals surface area contributed by atoms with Gasteiger partial charge in [0, 0.05) is 11.1 Å². The predicted molar refractivity (Wildman–Crippen MR) is 97.5 cm³/mol. The molecule has 2 aromatic carbocycles. The van der Waals surface area contributed by atoms with E-state index in [1.54, 1.807) is 24.3 Å². The first kappa shape index (κ1) is 16.8. The lowest BCUT2D eigenvalue weighted by Crippen LogP contribution is -2.11. The third-order valence-electron chi connectivity index (χ3n) is 4.33. The second kappa shape index (κ2) is 7.25. The van der Waals surface area contributed by atoms with Gasteiger partial charge in [-0.1, -0.05) is 0 Å². The minimum absolute atomic E-state index is 0.0577. The monoisotopic (exact) mass is 338 g/mol. The number of nitrogens with two attached hydrogens (primary N) is 2. The molecule has 1 aliphatic rings. The fourth-order valence-electron chi connectivity index (χ4n) is 2.59. The molecule has 1 aliphatic carbocycles. The molecule has 0 aliphatic heterocycles. The molecule has 0 heterocycles. The molecule has 0 amide bonds. The van der Waals surface area contributed by atoms with Crippen LogP contribution in [0, 0.1) is 22.7 Å². The first-order chi connectivity index (χ1) is 12.0. The first-order valence-electron chi connectivity index (χ1n) is 8.17. The fraction of sp³-hybridized carbons (Fsp3) is 0.263. The minimum atomic E-state index is 0.0577. The molecule has 6 N–H and O–H groups in total. The van der Waals surface area contributed by atoms with E-state index in [2.05, 4.69) is 0 Å². The van der Waals surface area contributed by atoms with Gasteiger partial charge in [0.1, 0.15) is 23.2 Å². The van der Waals surface area contributed by atoms with Crippen molar-refractivity contribution in [2.45, 2.75) is 6.42 Å². The number of nitrogen functional groups attached to an aromatic ring is 2. The summed E-state index contributed by atoms with van der Waals surface area (Å²) in [5.41, 5.74) is 12.3. The fourth-order valence-corrected chi connectivity index (χ4v) is 2.59. The molecule has 2 atom stereocenters. The number of benzene rings is 2. The Balaban J connectivity index is 1.39. The Bertz CT molecular complexity index is 690. The van der Waals surface area contributed by atoms with Gasteiger partial charge < -0.3 is 20.9 Å². The zero-order valence-corrected chi connectivity index (χ0v) is 13.9. The summed E-state index contributed by atoms with van der Waals surface area (Å²) in [5, 5.41) is 14.7. The molecule has 6 heteroatoms. The Kier molecular flexibility index (Phi) is 4.88. The average Bonchev–Trinajstić information content (AvgIpc) is 3.37. The van der Waals surface area contributed by atoms with Crippen molar-refractivity contribution in [3.63, 3.8) is 0 Å². The highest BCUT2D eigenvalue weighted by molar-refractivity contribution is 5.95. The maximum absolute atomic E-state index is 7.37. The molecule has 0 aromatic heterocycles. The van der Waals surface area contributed by atoms with Crippen LogP contribution in [-0.4, -0.2) is 24.9 Å². The van der Waals surface area contributed by atoms with Crippen molar-refractivity contribution in [3.05, 3.63) is 59.7 Å². The van der Waals surface area contributed by atoms with E-state index in [0.29, 0.717) is 36.2 Å². The van der Waals surface area contributed by atoms with E-state index < -0.39 is 0 Å². The minimum Gasteiger partial charge on any atom is -0.493 e. The highest BCUT2D eigenvalue weighted by Gasteiger charge is 2.38. The Labute approximate surface area is 146 Å². The standard InChI is InChI=1S/C19H22N4O2/c20-18(21)12-1-5-16(6-2-12)24-10-14-9-15(14)11-25-17-7-3-13(4-8-17)19(22)23/h1-8,14-15H,9-11H2,(H3,20,21)(H3,22,23)/t14-,15-/m0/s1. The number of nitrogens with one attached hydrogen (secondary N) is 2. The van der Waals surface area contributed by atoms with Gasteiger partial charge in [-0.3, -0.25) is 10.8 Å². The van der Waals surface area contributed by atoms with Crippen LogP contribution in [-0.2, 0) is 0 Å². The van der Waals surface area contributed by atoms with Crippen LogP contribution in [0.2, 0.25) is 0 Å². The van der Waals surface area contributed by atoms with Gasteiger partial charge in [0.15, 0.2) is 0 Å². The van der Waals surface area contributed by atoms with Crippen molar-refractivity contribution in [1.82, 2.24) is 0 Å². The Hall–Kier alpha value is -3.02. The number of amidine groups is 2. The van der Waals surface area contributed by atoms with Gasteiger partial charge in [0.2, 0.25) is 0 Å².